The van der Waals surface area contributed by atoms with E-state index in [0.29, 0.717) is 23.0 Å². The number of benzene rings is 1. The fraction of sp³-hybridized carbons (Fsp3) is 0.273. The van der Waals surface area contributed by atoms with Gasteiger partial charge in [-0.25, -0.2) is 14.1 Å². The van der Waals surface area contributed by atoms with Crippen molar-refractivity contribution in [1.29, 1.82) is 0 Å². The lowest BCUT2D eigenvalue weighted by atomic mass is 10.2. The van der Waals surface area contributed by atoms with Gasteiger partial charge in [-0.15, -0.1) is 0 Å². The molecule has 1 heterocycles. The summed E-state index contributed by atoms with van der Waals surface area (Å²) in [5.74, 6) is 0.336. The van der Waals surface area contributed by atoms with Crippen molar-refractivity contribution in [2.24, 2.45) is 0 Å². The first kappa shape index (κ1) is 12.0. The number of nitrogens with zero attached hydrogens (tertiary/aromatic N) is 3. The van der Waals surface area contributed by atoms with Crippen LogP contribution in [0.25, 0.3) is 0 Å². The second-order valence-electron chi connectivity index (χ2n) is 3.59. The van der Waals surface area contributed by atoms with E-state index >= 15 is 0 Å². The third-order valence-corrected chi connectivity index (χ3v) is 2.65. The van der Waals surface area contributed by atoms with Gasteiger partial charge in [0.2, 0.25) is 0 Å². The Hall–Kier alpha value is -1.46. The van der Waals surface area contributed by atoms with Crippen molar-refractivity contribution in [3.05, 3.63) is 46.8 Å². The van der Waals surface area contributed by atoms with Crippen molar-refractivity contribution in [3.8, 4) is 0 Å². The molecule has 1 N–H and O–H groups in total. The topological polar surface area (TPSA) is 42.7 Å². The summed E-state index contributed by atoms with van der Waals surface area (Å²) >= 11 is 5.93. The van der Waals surface area contributed by atoms with Gasteiger partial charge in [0.15, 0.2) is 5.82 Å². The monoisotopic (exact) mass is 254 g/mol. The minimum absolute atomic E-state index is 0.280. The number of aromatic nitrogens is 3. The van der Waals surface area contributed by atoms with Crippen LogP contribution in [0.5, 0.6) is 0 Å². The quantitative estimate of drug-likeness (QED) is 0.905. The van der Waals surface area contributed by atoms with Crippen LogP contribution in [0.3, 0.4) is 0 Å². The molecular formula is C11H12ClFN4. The summed E-state index contributed by atoms with van der Waals surface area (Å²) in [7, 11) is 1.81. The van der Waals surface area contributed by atoms with Gasteiger partial charge < -0.3 is 5.32 Å². The van der Waals surface area contributed by atoms with Gasteiger partial charge in [0.25, 0.3) is 0 Å². The number of nitrogens with one attached hydrogen (secondary N) is 1. The molecule has 0 radical (unpaired) electrons. The lowest BCUT2D eigenvalue weighted by molar-refractivity contribution is 0.581. The Morgan fingerprint density at radius 3 is 3.00 bits per heavy atom. The highest BCUT2D eigenvalue weighted by Gasteiger charge is 2.08. The normalized spacial score (nSPS) is 10.8. The molecule has 0 aliphatic heterocycles. The van der Waals surface area contributed by atoms with E-state index in [0.717, 1.165) is 0 Å². The lowest BCUT2D eigenvalue weighted by Crippen LogP contribution is -2.08. The van der Waals surface area contributed by atoms with Crippen molar-refractivity contribution >= 4 is 11.6 Å². The zero-order chi connectivity index (χ0) is 12.3. The summed E-state index contributed by atoms with van der Waals surface area (Å²) in [6, 6.07) is 4.62. The van der Waals surface area contributed by atoms with E-state index in [9.17, 15) is 4.39 Å². The molecule has 17 heavy (non-hydrogen) atoms. The molecule has 4 nitrogen and oxygen atoms in total. The molecule has 0 saturated heterocycles. The predicted octanol–water partition coefficient (Wildman–Crippen LogP) is 1.84. The van der Waals surface area contributed by atoms with Crippen molar-refractivity contribution in [1.82, 2.24) is 20.1 Å². The van der Waals surface area contributed by atoms with Gasteiger partial charge in [0, 0.05) is 10.6 Å². The van der Waals surface area contributed by atoms with Gasteiger partial charge in [0.1, 0.15) is 12.1 Å². The summed E-state index contributed by atoms with van der Waals surface area (Å²) in [6.07, 6.45) is 1.56. The molecule has 0 atom stereocenters. The molecule has 0 saturated carbocycles. The molecule has 0 spiro atoms. The van der Waals surface area contributed by atoms with Crippen LogP contribution < -0.4 is 5.32 Å². The molecule has 6 heteroatoms. The Labute approximate surface area is 103 Å². The van der Waals surface area contributed by atoms with E-state index in [1.807, 2.05) is 7.05 Å². The molecule has 0 unspecified atom stereocenters. The first-order valence-electron chi connectivity index (χ1n) is 5.16. The highest BCUT2D eigenvalue weighted by atomic mass is 35.5. The van der Waals surface area contributed by atoms with Gasteiger partial charge in [-0.05, 0) is 19.2 Å². The average Bonchev–Trinajstić information content (AvgIpc) is 2.72. The second-order valence-corrected chi connectivity index (χ2v) is 4.00. The molecule has 1 aromatic heterocycles. The van der Waals surface area contributed by atoms with Gasteiger partial charge in [0.05, 0.1) is 13.1 Å². The third kappa shape index (κ3) is 2.81. The summed E-state index contributed by atoms with van der Waals surface area (Å²) in [6.45, 7) is 0.861. The van der Waals surface area contributed by atoms with Gasteiger partial charge >= 0.3 is 0 Å². The van der Waals surface area contributed by atoms with E-state index in [1.165, 1.54) is 6.07 Å². The van der Waals surface area contributed by atoms with Crippen molar-refractivity contribution in [3.63, 3.8) is 0 Å². The molecular weight excluding hydrogens is 243 g/mol. The highest BCUT2D eigenvalue weighted by molar-refractivity contribution is 6.31. The Morgan fingerprint density at radius 2 is 2.29 bits per heavy atom. The number of hydrogen-bond donors (Lipinski definition) is 1. The van der Waals surface area contributed by atoms with Crippen LogP contribution in [-0.2, 0) is 13.1 Å². The number of halogens is 2. The van der Waals surface area contributed by atoms with Crippen LogP contribution in [0.2, 0.25) is 5.02 Å². The Kier molecular flexibility index (Phi) is 3.71. The SMILES string of the molecule is CNCc1ncn(Cc2c(F)cccc2Cl)n1. The summed E-state index contributed by atoms with van der Waals surface area (Å²) in [4.78, 5) is 4.09. The third-order valence-electron chi connectivity index (χ3n) is 2.30. The number of rotatable bonds is 4. The van der Waals surface area contributed by atoms with Crippen LogP contribution in [0.15, 0.2) is 24.5 Å². The highest BCUT2D eigenvalue weighted by Crippen LogP contribution is 2.19. The zero-order valence-electron chi connectivity index (χ0n) is 9.32. The summed E-state index contributed by atoms with van der Waals surface area (Å²) < 4.78 is 15.1. The Balaban J connectivity index is 2.19. The van der Waals surface area contributed by atoms with Crippen molar-refractivity contribution in [2.45, 2.75) is 13.1 Å². The Bertz CT molecular complexity index is 492. The molecule has 0 aliphatic carbocycles. The molecule has 0 bridgehead atoms. The zero-order valence-corrected chi connectivity index (χ0v) is 10.1. The van der Waals surface area contributed by atoms with E-state index in [2.05, 4.69) is 15.4 Å². The fourth-order valence-electron chi connectivity index (χ4n) is 1.49. The average molecular weight is 255 g/mol. The second kappa shape index (κ2) is 5.25. The smallest absolute Gasteiger partial charge is 0.164 e. The molecule has 0 aliphatic rings. The van der Waals surface area contributed by atoms with Gasteiger partial charge in [-0.2, -0.15) is 5.10 Å². The van der Waals surface area contributed by atoms with Crippen molar-refractivity contribution in [2.75, 3.05) is 7.05 Å². The van der Waals surface area contributed by atoms with E-state index in [4.69, 9.17) is 11.6 Å². The van der Waals surface area contributed by atoms with Crippen LogP contribution >= 0.6 is 11.6 Å². The first-order valence-corrected chi connectivity index (χ1v) is 5.54. The fourth-order valence-corrected chi connectivity index (χ4v) is 1.72. The standard InChI is InChI=1S/C11H12ClFN4/c1-14-5-11-15-7-17(16-11)6-8-9(12)3-2-4-10(8)13/h2-4,7,14H,5-6H2,1H3. The van der Waals surface area contributed by atoms with E-state index < -0.39 is 0 Å². The molecule has 2 aromatic rings. The van der Waals surface area contributed by atoms with Crippen molar-refractivity contribution < 1.29 is 4.39 Å². The predicted molar refractivity (Wildman–Crippen MR) is 63.3 cm³/mol. The number of hydrogen-bond acceptors (Lipinski definition) is 3. The maximum atomic E-state index is 13.5. The summed E-state index contributed by atoms with van der Waals surface area (Å²) in [5.41, 5.74) is 0.426. The minimum atomic E-state index is -0.330. The van der Waals surface area contributed by atoms with Crippen LogP contribution in [0.4, 0.5) is 4.39 Å². The lowest BCUT2D eigenvalue weighted by Gasteiger charge is -2.05. The van der Waals surface area contributed by atoms with E-state index in [-0.39, 0.29) is 12.4 Å². The maximum Gasteiger partial charge on any atom is 0.164 e. The summed E-state index contributed by atoms with van der Waals surface area (Å²) in [5, 5.41) is 7.54. The Morgan fingerprint density at radius 1 is 1.47 bits per heavy atom. The van der Waals surface area contributed by atoms with Crippen LogP contribution in [-0.4, -0.2) is 21.8 Å². The molecule has 0 amide bonds. The molecule has 90 valence electrons. The van der Waals surface area contributed by atoms with E-state index in [1.54, 1.807) is 23.1 Å². The van der Waals surface area contributed by atoms with Gasteiger partial charge in [-0.1, -0.05) is 17.7 Å². The maximum absolute atomic E-state index is 13.5. The largest absolute Gasteiger partial charge is 0.313 e. The first-order chi connectivity index (χ1) is 8.20. The molecule has 2 rings (SSSR count). The van der Waals surface area contributed by atoms with Crippen LogP contribution in [0.1, 0.15) is 11.4 Å². The molecule has 0 fully saturated rings. The minimum Gasteiger partial charge on any atom is -0.313 e. The van der Waals surface area contributed by atoms with Gasteiger partial charge in [-0.3, -0.25) is 0 Å². The van der Waals surface area contributed by atoms with Crippen LogP contribution in [0, 0.1) is 5.82 Å². The molecule has 1 aromatic carbocycles.